The van der Waals surface area contributed by atoms with Crippen molar-refractivity contribution in [2.75, 3.05) is 26.4 Å². The van der Waals surface area contributed by atoms with E-state index in [2.05, 4.69) is 0 Å². The van der Waals surface area contributed by atoms with Crippen LogP contribution in [0.3, 0.4) is 0 Å². The summed E-state index contributed by atoms with van der Waals surface area (Å²) in [7, 11) is 0. The van der Waals surface area contributed by atoms with Crippen LogP contribution in [0.1, 0.15) is 0 Å². The molecule has 0 amide bonds. The molecule has 0 aromatic rings. The van der Waals surface area contributed by atoms with Gasteiger partial charge in [0, 0.05) is 5.92 Å². The molecule has 0 radical (unpaired) electrons. The van der Waals surface area contributed by atoms with Gasteiger partial charge in [0.2, 0.25) is 0 Å². The van der Waals surface area contributed by atoms with Gasteiger partial charge in [-0.05, 0) is 0 Å². The van der Waals surface area contributed by atoms with E-state index in [0.29, 0.717) is 25.7 Å². The molecule has 0 aromatic heterocycles. The van der Waals surface area contributed by atoms with Gasteiger partial charge in [-0.3, -0.25) is 0 Å². The molecule has 12 heavy (non-hydrogen) atoms. The van der Waals surface area contributed by atoms with Gasteiger partial charge in [0.15, 0.2) is 0 Å². The standard InChI is InChI=1S/C7H13NO4/c8-6(1-9)7-10-2-5(3-11-7)4-12-7/h5-6,9H,1-4,8H2. The van der Waals surface area contributed by atoms with Crippen LogP contribution in [0, 0.1) is 5.92 Å². The number of hydrogen-bond donors (Lipinski definition) is 2. The van der Waals surface area contributed by atoms with Crippen LogP contribution in [-0.2, 0) is 14.2 Å². The topological polar surface area (TPSA) is 73.9 Å². The lowest BCUT2D eigenvalue weighted by Crippen LogP contribution is -2.63. The van der Waals surface area contributed by atoms with Crippen molar-refractivity contribution in [3.05, 3.63) is 0 Å². The van der Waals surface area contributed by atoms with Crippen LogP contribution < -0.4 is 5.73 Å². The van der Waals surface area contributed by atoms with Crippen molar-refractivity contribution in [1.82, 2.24) is 0 Å². The smallest absolute Gasteiger partial charge is 0.301 e. The Bertz CT molecular complexity index is 153. The Kier molecular flexibility index (Phi) is 2.05. The maximum absolute atomic E-state index is 8.84. The van der Waals surface area contributed by atoms with Gasteiger partial charge in [-0.2, -0.15) is 0 Å². The minimum absolute atomic E-state index is 0.204. The first kappa shape index (κ1) is 8.40. The summed E-state index contributed by atoms with van der Waals surface area (Å²) in [4.78, 5) is 0. The fourth-order valence-corrected chi connectivity index (χ4v) is 1.40. The first-order valence-electron chi connectivity index (χ1n) is 4.05. The number of aliphatic hydroxyl groups is 1. The van der Waals surface area contributed by atoms with Crippen LogP contribution in [0.5, 0.6) is 0 Å². The number of rotatable bonds is 2. The Hall–Kier alpha value is -0.200. The first-order valence-corrected chi connectivity index (χ1v) is 4.05. The summed E-state index contributed by atoms with van der Waals surface area (Å²) in [6.45, 7) is 1.61. The molecule has 3 N–H and O–H groups in total. The van der Waals surface area contributed by atoms with E-state index >= 15 is 0 Å². The fraction of sp³-hybridized carbons (Fsp3) is 1.00. The highest BCUT2D eigenvalue weighted by Gasteiger charge is 2.49. The quantitative estimate of drug-likeness (QED) is 0.543. The molecule has 1 atom stereocenters. The van der Waals surface area contributed by atoms with E-state index in [4.69, 9.17) is 25.1 Å². The second kappa shape index (κ2) is 2.93. The molecule has 5 nitrogen and oxygen atoms in total. The third-order valence-corrected chi connectivity index (χ3v) is 2.21. The summed E-state index contributed by atoms with van der Waals surface area (Å²) < 4.78 is 15.9. The Balaban J connectivity index is 2.08. The van der Waals surface area contributed by atoms with Crippen molar-refractivity contribution in [2.24, 2.45) is 11.7 Å². The molecular weight excluding hydrogens is 162 g/mol. The molecule has 3 rings (SSSR count). The zero-order valence-corrected chi connectivity index (χ0v) is 6.73. The normalized spacial score (nSPS) is 43.0. The van der Waals surface area contributed by atoms with E-state index in [-0.39, 0.29) is 6.61 Å². The Morgan fingerprint density at radius 2 is 1.83 bits per heavy atom. The van der Waals surface area contributed by atoms with E-state index in [1.165, 1.54) is 0 Å². The maximum Gasteiger partial charge on any atom is 0.301 e. The average molecular weight is 175 g/mol. The average Bonchev–Trinajstić information content (AvgIpc) is 2.19. The number of ether oxygens (including phenoxy) is 3. The predicted molar refractivity (Wildman–Crippen MR) is 39.1 cm³/mol. The monoisotopic (exact) mass is 175 g/mol. The maximum atomic E-state index is 8.84. The largest absolute Gasteiger partial charge is 0.394 e. The van der Waals surface area contributed by atoms with Gasteiger partial charge in [-0.1, -0.05) is 0 Å². The molecule has 3 fully saturated rings. The van der Waals surface area contributed by atoms with Gasteiger partial charge in [0.25, 0.3) is 0 Å². The van der Waals surface area contributed by atoms with Gasteiger partial charge in [0.05, 0.1) is 26.4 Å². The fourth-order valence-electron chi connectivity index (χ4n) is 1.40. The third-order valence-electron chi connectivity index (χ3n) is 2.21. The van der Waals surface area contributed by atoms with E-state index in [1.807, 2.05) is 0 Å². The van der Waals surface area contributed by atoms with Gasteiger partial charge in [-0.25, -0.2) is 0 Å². The van der Waals surface area contributed by atoms with Crippen molar-refractivity contribution >= 4 is 0 Å². The van der Waals surface area contributed by atoms with Crippen molar-refractivity contribution in [2.45, 2.75) is 12.0 Å². The van der Waals surface area contributed by atoms with Gasteiger partial charge in [-0.15, -0.1) is 0 Å². The highest BCUT2D eigenvalue weighted by Crippen LogP contribution is 2.31. The molecule has 3 saturated heterocycles. The zero-order chi connectivity index (χ0) is 8.60. The SMILES string of the molecule is NC(CO)C12OCC(CO1)CO2. The zero-order valence-electron chi connectivity index (χ0n) is 6.73. The highest BCUT2D eigenvalue weighted by molar-refractivity contribution is 4.82. The summed E-state index contributed by atoms with van der Waals surface area (Å²) in [6.07, 6.45) is 0. The Morgan fingerprint density at radius 1 is 1.33 bits per heavy atom. The molecule has 5 heteroatoms. The van der Waals surface area contributed by atoms with Crippen LogP contribution >= 0.6 is 0 Å². The van der Waals surface area contributed by atoms with E-state index in [9.17, 15) is 0 Å². The van der Waals surface area contributed by atoms with Crippen LogP contribution in [-0.4, -0.2) is 43.5 Å². The molecule has 70 valence electrons. The lowest BCUT2D eigenvalue weighted by molar-refractivity contribution is -0.456. The van der Waals surface area contributed by atoms with Crippen LogP contribution in [0.25, 0.3) is 0 Å². The van der Waals surface area contributed by atoms with Crippen molar-refractivity contribution in [3.8, 4) is 0 Å². The predicted octanol–water partition coefficient (Wildman–Crippen LogP) is -1.35. The Labute approximate surface area is 70.4 Å². The molecule has 3 aliphatic heterocycles. The number of nitrogens with two attached hydrogens (primary N) is 1. The molecule has 3 heterocycles. The molecule has 3 aliphatic rings. The molecule has 0 aliphatic carbocycles. The second-order valence-corrected chi connectivity index (χ2v) is 3.19. The molecule has 0 saturated carbocycles. The van der Waals surface area contributed by atoms with E-state index < -0.39 is 12.0 Å². The molecule has 2 bridgehead atoms. The molecule has 1 unspecified atom stereocenters. The lowest BCUT2D eigenvalue weighted by Gasteiger charge is -2.47. The molecule has 0 aromatic carbocycles. The minimum Gasteiger partial charge on any atom is -0.394 e. The van der Waals surface area contributed by atoms with Gasteiger partial charge >= 0.3 is 5.97 Å². The first-order chi connectivity index (χ1) is 5.77. The van der Waals surface area contributed by atoms with Crippen LogP contribution in [0.15, 0.2) is 0 Å². The van der Waals surface area contributed by atoms with Gasteiger partial charge in [0.1, 0.15) is 6.04 Å². The summed E-state index contributed by atoms with van der Waals surface area (Å²) in [5.41, 5.74) is 5.59. The summed E-state index contributed by atoms with van der Waals surface area (Å²) in [5, 5.41) is 8.84. The van der Waals surface area contributed by atoms with E-state index in [1.54, 1.807) is 0 Å². The lowest BCUT2D eigenvalue weighted by atomic mass is 10.1. The third kappa shape index (κ3) is 1.14. The number of fused-ring (bicyclic) bond motifs is 3. The van der Waals surface area contributed by atoms with Gasteiger partial charge < -0.3 is 25.1 Å². The summed E-state index contributed by atoms with van der Waals surface area (Å²) in [6, 6.07) is -0.626. The van der Waals surface area contributed by atoms with Crippen molar-refractivity contribution < 1.29 is 19.3 Å². The van der Waals surface area contributed by atoms with Crippen LogP contribution in [0.2, 0.25) is 0 Å². The van der Waals surface area contributed by atoms with Crippen LogP contribution in [0.4, 0.5) is 0 Å². The van der Waals surface area contributed by atoms with Crippen molar-refractivity contribution in [3.63, 3.8) is 0 Å². The number of hydrogen-bond acceptors (Lipinski definition) is 5. The summed E-state index contributed by atoms with van der Waals surface area (Å²) >= 11 is 0. The van der Waals surface area contributed by atoms with E-state index in [0.717, 1.165) is 0 Å². The van der Waals surface area contributed by atoms with Crippen molar-refractivity contribution in [1.29, 1.82) is 0 Å². The molecule has 0 spiro atoms. The minimum atomic E-state index is -1.18. The Morgan fingerprint density at radius 3 is 2.25 bits per heavy atom. The summed E-state index contributed by atoms with van der Waals surface area (Å²) in [5.74, 6) is -0.860. The molecular formula is C7H13NO4. The second-order valence-electron chi connectivity index (χ2n) is 3.19. The number of aliphatic hydroxyl groups excluding tert-OH is 1. The highest BCUT2D eigenvalue weighted by atomic mass is 16.9.